The Hall–Kier alpha value is -5.40. The summed E-state index contributed by atoms with van der Waals surface area (Å²) in [6.45, 7) is 4.68. The van der Waals surface area contributed by atoms with Gasteiger partial charge in [-0.3, -0.25) is 0 Å². The van der Waals surface area contributed by atoms with Crippen molar-refractivity contribution in [3.8, 4) is 28.8 Å². The molecule has 4 nitrogen and oxygen atoms in total. The Kier molecular flexibility index (Phi) is 5.99. The van der Waals surface area contributed by atoms with Crippen LogP contribution in [0.5, 0.6) is 0 Å². The van der Waals surface area contributed by atoms with Crippen LogP contribution in [-0.4, -0.2) is 15.0 Å². The Morgan fingerprint density at radius 3 is 1.90 bits per heavy atom. The summed E-state index contributed by atoms with van der Waals surface area (Å²) in [5.74, 6) is 1.98. The molecular weight excluding hydrogens is 500 g/mol. The van der Waals surface area contributed by atoms with Gasteiger partial charge in [-0.15, -0.1) is 0 Å². The molecule has 2 aliphatic carbocycles. The standard InChI is InChI=1S/C37H26N4/c1-25-12-4-2-7-15-29-30-16-8-10-18-32(30)37(25,33-19-11-9-17-31(29)33)36-40-34(27-13-5-3-6-14-27)39-35(41-36)28-22-20-26(24-38)21-23-28/h2-14,16-23,29H,1,15H2/b7-2-,12-4-. The highest BCUT2D eigenvalue weighted by Crippen LogP contribution is 2.54. The third-order valence-corrected chi connectivity index (χ3v) is 8.15. The minimum atomic E-state index is -0.834. The van der Waals surface area contributed by atoms with E-state index in [1.807, 2.05) is 42.5 Å². The Balaban J connectivity index is 1.60. The molecule has 0 saturated heterocycles. The van der Waals surface area contributed by atoms with Crippen LogP contribution in [0.2, 0.25) is 0 Å². The van der Waals surface area contributed by atoms with Crippen LogP contribution in [0.25, 0.3) is 22.8 Å². The van der Waals surface area contributed by atoms with Crippen molar-refractivity contribution in [3.05, 3.63) is 173 Å². The van der Waals surface area contributed by atoms with Gasteiger partial charge in [-0.25, -0.2) is 15.0 Å². The second-order valence-electron chi connectivity index (χ2n) is 10.4. The molecule has 5 aromatic rings. The summed E-state index contributed by atoms with van der Waals surface area (Å²) in [6, 6.07) is 36.9. The largest absolute Gasteiger partial charge is 0.211 e. The summed E-state index contributed by atoms with van der Waals surface area (Å²) in [7, 11) is 0. The van der Waals surface area contributed by atoms with E-state index < -0.39 is 5.41 Å². The summed E-state index contributed by atoms with van der Waals surface area (Å²) in [5.41, 5.74) is 7.17. The number of hydrogen-bond donors (Lipinski definition) is 0. The van der Waals surface area contributed by atoms with Gasteiger partial charge < -0.3 is 0 Å². The van der Waals surface area contributed by atoms with Gasteiger partial charge in [-0.1, -0.05) is 110 Å². The summed E-state index contributed by atoms with van der Waals surface area (Å²) in [4.78, 5) is 15.4. The molecule has 0 unspecified atom stereocenters. The number of nitriles is 1. The molecule has 0 spiro atoms. The van der Waals surface area contributed by atoms with Gasteiger partial charge in [-0.2, -0.15) is 5.26 Å². The molecule has 0 radical (unpaired) electrons. The van der Waals surface area contributed by atoms with E-state index in [-0.39, 0.29) is 5.92 Å². The molecule has 4 aromatic carbocycles. The Bertz CT molecular complexity index is 1840. The minimum Gasteiger partial charge on any atom is -0.211 e. The van der Waals surface area contributed by atoms with Crippen LogP contribution in [0.15, 0.2) is 140 Å². The number of nitrogens with zero attached hydrogens (tertiary/aromatic N) is 4. The molecule has 0 aliphatic heterocycles. The van der Waals surface area contributed by atoms with E-state index in [4.69, 9.17) is 15.0 Å². The number of rotatable bonds is 3. The van der Waals surface area contributed by atoms with Gasteiger partial charge in [-0.05, 0) is 58.5 Å². The van der Waals surface area contributed by atoms with Crippen molar-refractivity contribution >= 4 is 0 Å². The van der Waals surface area contributed by atoms with Crippen molar-refractivity contribution in [3.63, 3.8) is 0 Å². The van der Waals surface area contributed by atoms with Gasteiger partial charge in [0.05, 0.1) is 11.6 Å². The monoisotopic (exact) mass is 526 g/mol. The number of allylic oxidation sites excluding steroid dienone is 5. The average Bonchev–Trinajstić information content (AvgIpc) is 3.04. The van der Waals surface area contributed by atoms with Crippen molar-refractivity contribution in [1.82, 2.24) is 15.0 Å². The van der Waals surface area contributed by atoms with Crippen molar-refractivity contribution < 1.29 is 0 Å². The highest BCUT2D eigenvalue weighted by atomic mass is 15.0. The molecule has 1 aromatic heterocycles. The molecule has 41 heavy (non-hydrogen) atoms. The SMILES string of the molecule is C=C1/C=C\C=C/CC2c3ccccc3C1(c1nc(-c3ccccc3)nc(-c3ccc(C#N)cc3)n1)c1ccccc12. The van der Waals surface area contributed by atoms with Crippen LogP contribution < -0.4 is 0 Å². The molecule has 0 atom stereocenters. The molecule has 2 aliphatic rings. The fourth-order valence-corrected chi connectivity index (χ4v) is 6.25. The fraction of sp³-hybridized carbons (Fsp3) is 0.0811. The van der Waals surface area contributed by atoms with Gasteiger partial charge >= 0.3 is 0 Å². The van der Waals surface area contributed by atoms with E-state index in [9.17, 15) is 5.26 Å². The van der Waals surface area contributed by atoms with Crippen LogP contribution in [0.4, 0.5) is 0 Å². The summed E-state index contributed by atoms with van der Waals surface area (Å²) < 4.78 is 0. The van der Waals surface area contributed by atoms with E-state index in [0.29, 0.717) is 23.0 Å². The summed E-state index contributed by atoms with van der Waals surface area (Å²) in [6.07, 6.45) is 9.39. The van der Waals surface area contributed by atoms with Crippen molar-refractivity contribution in [1.29, 1.82) is 5.26 Å². The molecular formula is C37H26N4. The molecule has 194 valence electrons. The van der Waals surface area contributed by atoms with Crippen LogP contribution >= 0.6 is 0 Å². The quantitative estimate of drug-likeness (QED) is 0.239. The molecule has 1 heterocycles. The lowest BCUT2D eigenvalue weighted by Gasteiger charge is -2.43. The predicted molar refractivity (Wildman–Crippen MR) is 162 cm³/mol. The maximum atomic E-state index is 9.37. The first-order chi connectivity index (χ1) is 20.2. The Labute approximate surface area is 239 Å². The van der Waals surface area contributed by atoms with Crippen molar-refractivity contribution in [2.24, 2.45) is 0 Å². The minimum absolute atomic E-state index is 0.208. The van der Waals surface area contributed by atoms with E-state index in [1.54, 1.807) is 12.1 Å². The van der Waals surface area contributed by atoms with Gasteiger partial charge in [0.1, 0.15) is 5.41 Å². The zero-order valence-corrected chi connectivity index (χ0v) is 22.4. The van der Waals surface area contributed by atoms with E-state index >= 15 is 0 Å². The molecule has 0 amide bonds. The molecule has 4 heteroatoms. The molecule has 0 fully saturated rings. The maximum absolute atomic E-state index is 9.37. The van der Waals surface area contributed by atoms with E-state index in [2.05, 4.69) is 85.5 Å². The lowest BCUT2D eigenvalue weighted by Crippen LogP contribution is -2.39. The van der Waals surface area contributed by atoms with Crippen LogP contribution in [0, 0.1) is 11.3 Å². The molecule has 7 rings (SSSR count). The second kappa shape index (κ2) is 9.97. The number of hydrogen-bond acceptors (Lipinski definition) is 4. The first kappa shape index (κ1) is 24.6. The van der Waals surface area contributed by atoms with Crippen LogP contribution in [0.1, 0.15) is 46.0 Å². The third-order valence-electron chi connectivity index (χ3n) is 8.15. The Morgan fingerprint density at radius 2 is 1.27 bits per heavy atom. The van der Waals surface area contributed by atoms with Crippen LogP contribution in [-0.2, 0) is 5.41 Å². The topological polar surface area (TPSA) is 62.5 Å². The average molecular weight is 527 g/mol. The lowest BCUT2D eigenvalue weighted by molar-refractivity contribution is 0.614. The van der Waals surface area contributed by atoms with Crippen molar-refractivity contribution in [2.45, 2.75) is 17.8 Å². The van der Waals surface area contributed by atoms with Gasteiger partial charge in [0, 0.05) is 17.0 Å². The van der Waals surface area contributed by atoms with Gasteiger partial charge in [0.2, 0.25) is 0 Å². The first-order valence-corrected chi connectivity index (χ1v) is 13.7. The maximum Gasteiger partial charge on any atom is 0.163 e. The summed E-state index contributed by atoms with van der Waals surface area (Å²) in [5, 5.41) is 9.37. The Morgan fingerprint density at radius 1 is 0.683 bits per heavy atom. The first-order valence-electron chi connectivity index (χ1n) is 13.7. The summed E-state index contributed by atoms with van der Waals surface area (Å²) >= 11 is 0. The smallest absolute Gasteiger partial charge is 0.163 e. The normalized spacial score (nSPS) is 20.4. The number of aromatic nitrogens is 3. The van der Waals surface area contributed by atoms with Crippen LogP contribution in [0.3, 0.4) is 0 Å². The zero-order chi connectivity index (χ0) is 27.8. The number of benzene rings is 4. The van der Waals surface area contributed by atoms with Gasteiger partial charge in [0.25, 0.3) is 0 Å². The lowest BCUT2D eigenvalue weighted by atomic mass is 9.59. The van der Waals surface area contributed by atoms with Crippen molar-refractivity contribution in [2.75, 3.05) is 0 Å². The molecule has 0 N–H and O–H groups in total. The predicted octanol–water partition coefficient (Wildman–Crippen LogP) is 7.93. The van der Waals surface area contributed by atoms with E-state index in [0.717, 1.165) is 34.2 Å². The fourth-order valence-electron chi connectivity index (χ4n) is 6.25. The highest BCUT2D eigenvalue weighted by Gasteiger charge is 2.48. The second-order valence-corrected chi connectivity index (χ2v) is 10.4. The highest BCUT2D eigenvalue weighted by molar-refractivity contribution is 5.69. The van der Waals surface area contributed by atoms with Gasteiger partial charge in [0.15, 0.2) is 17.5 Å². The number of fused-ring (bicyclic) bond motifs is 3. The zero-order valence-electron chi connectivity index (χ0n) is 22.4. The van der Waals surface area contributed by atoms with E-state index in [1.165, 1.54) is 11.1 Å². The third kappa shape index (κ3) is 3.94. The molecule has 0 saturated carbocycles. The molecule has 2 bridgehead atoms.